The molecule has 4 rings (SSSR count). The lowest BCUT2D eigenvalue weighted by molar-refractivity contribution is -0.133. The summed E-state index contributed by atoms with van der Waals surface area (Å²) in [5.41, 5.74) is 1.83. The first-order chi connectivity index (χ1) is 10.2. The molecule has 5 heteroatoms. The molecule has 2 aromatic heterocycles. The molecule has 0 N–H and O–H groups in total. The zero-order valence-corrected chi connectivity index (χ0v) is 10.8. The molecular formula is C16H9NO4. The predicted molar refractivity (Wildman–Crippen MR) is 75.3 cm³/mol. The van der Waals surface area contributed by atoms with E-state index in [1.807, 2.05) is 40.9 Å². The number of benzene rings is 1. The number of aromatic nitrogens is 1. The molecule has 0 bridgehead atoms. The normalized spacial score (nSPS) is 16.0. The van der Waals surface area contributed by atoms with E-state index in [1.54, 1.807) is 6.07 Å². The molecule has 0 atom stereocenters. The molecule has 3 heterocycles. The third-order valence-electron chi connectivity index (χ3n) is 3.35. The number of ether oxygens (including phenoxy) is 2. The van der Waals surface area contributed by atoms with Crippen molar-refractivity contribution in [2.45, 2.75) is 0 Å². The van der Waals surface area contributed by atoms with Crippen molar-refractivity contribution in [3.05, 3.63) is 54.7 Å². The Labute approximate surface area is 119 Å². The van der Waals surface area contributed by atoms with Crippen molar-refractivity contribution in [3.8, 4) is 11.5 Å². The average molecular weight is 279 g/mol. The molecule has 1 aliphatic rings. The molecule has 1 aliphatic heterocycles. The number of carbonyl (C=O) groups excluding carboxylic acids is 2. The zero-order chi connectivity index (χ0) is 14.4. The average Bonchev–Trinajstić information content (AvgIpc) is 2.85. The Bertz CT molecular complexity index is 936. The van der Waals surface area contributed by atoms with Crippen molar-refractivity contribution in [3.63, 3.8) is 0 Å². The molecule has 21 heavy (non-hydrogen) atoms. The molecule has 102 valence electrons. The summed E-state index contributed by atoms with van der Waals surface area (Å²) < 4.78 is 12.5. The van der Waals surface area contributed by atoms with E-state index in [4.69, 9.17) is 9.47 Å². The maximum atomic E-state index is 11.7. The summed E-state index contributed by atoms with van der Waals surface area (Å²) in [6, 6.07) is 11.1. The highest BCUT2D eigenvalue weighted by Gasteiger charge is 2.19. The van der Waals surface area contributed by atoms with Gasteiger partial charge in [0.2, 0.25) is 0 Å². The van der Waals surface area contributed by atoms with Gasteiger partial charge in [-0.3, -0.25) is 0 Å². The van der Waals surface area contributed by atoms with E-state index in [2.05, 4.69) is 0 Å². The van der Waals surface area contributed by atoms with Crippen LogP contribution in [0.4, 0.5) is 0 Å². The maximum Gasteiger partial charge on any atom is 0.336 e. The van der Waals surface area contributed by atoms with Crippen LogP contribution < -0.4 is 9.47 Å². The molecule has 0 fully saturated rings. The molecule has 3 aromatic rings. The van der Waals surface area contributed by atoms with Crippen LogP contribution in [0, 0.1) is 0 Å². The second-order valence-electron chi connectivity index (χ2n) is 4.64. The first-order valence-corrected chi connectivity index (χ1v) is 6.37. The van der Waals surface area contributed by atoms with Gasteiger partial charge in [-0.15, -0.1) is 0 Å². The van der Waals surface area contributed by atoms with E-state index in [-0.39, 0.29) is 11.5 Å². The molecule has 0 saturated carbocycles. The van der Waals surface area contributed by atoms with Gasteiger partial charge in [-0.05, 0) is 30.3 Å². The lowest BCUT2D eigenvalue weighted by Crippen LogP contribution is -2.13. The Balaban J connectivity index is 2.05. The highest BCUT2D eigenvalue weighted by Crippen LogP contribution is 2.38. The number of hydrogen-bond donors (Lipinski definition) is 0. The van der Waals surface area contributed by atoms with E-state index in [9.17, 15) is 9.59 Å². The number of rotatable bonds is 0. The molecule has 0 saturated heterocycles. The highest BCUT2D eigenvalue weighted by atomic mass is 16.6. The standard InChI is InChI=1S/C16H9NO4/c18-14-6-7-15(19)21-16-11-9-10-3-1-2-8-17(10)12(11)4-5-13(16)20-14/h1-9H/b7-6-. The largest absolute Gasteiger partial charge is 0.419 e. The molecule has 1 aromatic carbocycles. The lowest BCUT2D eigenvalue weighted by atomic mass is 10.2. The third kappa shape index (κ3) is 1.79. The first kappa shape index (κ1) is 11.7. The van der Waals surface area contributed by atoms with E-state index in [0.29, 0.717) is 0 Å². The maximum absolute atomic E-state index is 11.7. The zero-order valence-electron chi connectivity index (χ0n) is 10.8. The number of esters is 2. The van der Waals surface area contributed by atoms with Crippen LogP contribution in [0.5, 0.6) is 11.5 Å². The van der Waals surface area contributed by atoms with Gasteiger partial charge >= 0.3 is 11.9 Å². The van der Waals surface area contributed by atoms with Crippen LogP contribution >= 0.6 is 0 Å². The van der Waals surface area contributed by atoms with Crippen molar-refractivity contribution >= 4 is 28.4 Å². The minimum Gasteiger partial charge on any atom is -0.419 e. The summed E-state index contributed by atoms with van der Waals surface area (Å²) in [6.45, 7) is 0. The Kier molecular flexibility index (Phi) is 2.35. The molecule has 5 nitrogen and oxygen atoms in total. The van der Waals surface area contributed by atoms with Crippen molar-refractivity contribution in [2.24, 2.45) is 0 Å². The number of carbonyl (C=O) groups is 2. The van der Waals surface area contributed by atoms with E-state index < -0.39 is 11.9 Å². The van der Waals surface area contributed by atoms with Crippen LogP contribution in [0.15, 0.2) is 54.7 Å². The molecule has 0 unspecified atom stereocenters. The van der Waals surface area contributed by atoms with Gasteiger partial charge in [0, 0.05) is 29.3 Å². The van der Waals surface area contributed by atoms with Gasteiger partial charge in [-0.25, -0.2) is 9.59 Å². The topological polar surface area (TPSA) is 57.0 Å². The van der Waals surface area contributed by atoms with Crippen LogP contribution in [0.2, 0.25) is 0 Å². The number of nitrogens with zero attached hydrogens (tertiary/aromatic N) is 1. The minimum atomic E-state index is -0.601. The summed E-state index contributed by atoms with van der Waals surface area (Å²) in [5, 5.41) is 0.718. The summed E-state index contributed by atoms with van der Waals surface area (Å²) in [4.78, 5) is 23.2. The number of pyridine rings is 1. The lowest BCUT2D eigenvalue weighted by Gasteiger charge is -2.11. The van der Waals surface area contributed by atoms with Gasteiger partial charge in [0.1, 0.15) is 0 Å². The second-order valence-corrected chi connectivity index (χ2v) is 4.64. The first-order valence-electron chi connectivity index (χ1n) is 6.37. The molecule has 0 aliphatic carbocycles. The Morgan fingerprint density at radius 3 is 2.57 bits per heavy atom. The quantitative estimate of drug-likeness (QED) is 0.468. The second kappa shape index (κ2) is 4.21. The number of fused-ring (bicyclic) bond motifs is 5. The third-order valence-corrected chi connectivity index (χ3v) is 3.35. The Hall–Kier alpha value is -3.08. The highest BCUT2D eigenvalue weighted by molar-refractivity contribution is 6.01. The van der Waals surface area contributed by atoms with Crippen molar-refractivity contribution in [1.82, 2.24) is 4.40 Å². The van der Waals surface area contributed by atoms with Crippen LogP contribution in [0.25, 0.3) is 16.4 Å². The van der Waals surface area contributed by atoms with Crippen molar-refractivity contribution in [2.75, 3.05) is 0 Å². The molecular weight excluding hydrogens is 270 g/mol. The SMILES string of the molecule is O=C1/C=C\C(=O)Oc2c(ccc3c2cc2ccccn23)O1. The smallest absolute Gasteiger partial charge is 0.336 e. The summed E-state index contributed by atoms with van der Waals surface area (Å²) in [6.07, 6.45) is 4.02. The van der Waals surface area contributed by atoms with E-state index >= 15 is 0 Å². The van der Waals surface area contributed by atoms with Gasteiger partial charge in [0.25, 0.3) is 0 Å². The molecule has 0 radical (unpaired) electrons. The van der Waals surface area contributed by atoms with Crippen molar-refractivity contribution in [1.29, 1.82) is 0 Å². The van der Waals surface area contributed by atoms with Crippen LogP contribution in [0.3, 0.4) is 0 Å². The summed E-state index contributed by atoms with van der Waals surface area (Å²) >= 11 is 0. The van der Waals surface area contributed by atoms with E-state index in [0.717, 1.165) is 28.6 Å². The monoisotopic (exact) mass is 279 g/mol. The van der Waals surface area contributed by atoms with E-state index in [1.165, 1.54) is 0 Å². The molecule has 0 spiro atoms. The van der Waals surface area contributed by atoms with Gasteiger partial charge < -0.3 is 13.9 Å². The van der Waals surface area contributed by atoms with Gasteiger partial charge in [-0.2, -0.15) is 0 Å². The fourth-order valence-corrected chi connectivity index (χ4v) is 2.46. The Morgan fingerprint density at radius 2 is 1.71 bits per heavy atom. The summed E-state index contributed by atoms with van der Waals surface area (Å²) in [5.74, 6) is -0.702. The predicted octanol–water partition coefficient (Wildman–Crippen LogP) is 2.47. The van der Waals surface area contributed by atoms with Crippen molar-refractivity contribution < 1.29 is 19.1 Å². The van der Waals surface area contributed by atoms with Gasteiger partial charge in [0.15, 0.2) is 11.5 Å². The minimum absolute atomic E-state index is 0.237. The van der Waals surface area contributed by atoms with Crippen LogP contribution in [0.1, 0.15) is 0 Å². The number of hydrogen-bond acceptors (Lipinski definition) is 4. The van der Waals surface area contributed by atoms with Gasteiger partial charge in [-0.1, -0.05) is 6.07 Å². The fraction of sp³-hybridized carbons (Fsp3) is 0. The van der Waals surface area contributed by atoms with Crippen LogP contribution in [-0.4, -0.2) is 16.3 Å². The summed E-state index contributed by atoms with van der Waals surface area (Å²) in [7, 11) is 0. The van der Waals surface area contributed by atoms with Gasteiger partial charge in [0.05, 0.1) is 5.52 Å². The molecule has 0 amide bonds. The Morgan fingerprint density at radius 1 is 0.905 bits per heavy atom. The van der Waals surface area contributed by atoms with Crippen LogP contribution in [-0.2, 0) is 9.59 Å². The fourth-order valence-electron chi connectivity index (χ4n) is 2.46.